The first kappa shape index (κ1) is 13.5. The van der Waals surface area contributed by atoms with Crippen molar-refractivity contribution in [3.05, 3.63) is 32.8 Å². The minimum atomic E-state index is 0.589. The Balaban J connectivity index is 1.68. The van der Waals surface area contributed by atoms with E-state index in [9.17, 15) is 0 Å². The fraction of sp³-hybridized carbons (Fsp3) is 0.647. The number of thioether (sulfide) groups is 1. The van der Waals surface area contributed by atoms with E-state index in [4.69, 9.17) is 0 Å². The lowest BCUT2D eigenvalue weighted by Crippen LogP contribution is -2.44. The highest BCUT2D eigenvalue weighted by Crippen LogP contribution is 2.45. The van der Waals surface area contributed by atoms with Crippen molar-refractivity contribution in [2.75, 3.05) is 12.3 Å². The summed E-state index contributed by atoms with van der Waals surface area (Å²) in [7, 11) is 0. The predicted octanol–water partition coefficient (Wildman–Crippen LogP) is 4.58. The molecule has 0 saturated heterocycles. The first-order valence-corrected chi connectivity index (χ1v) is 8.63. The van der Waals surface area contributed by atoms with Gasteiger partial charge >= 0.3 is 0 Å². The van der Waals surface area contributed by atoms with E-state index in [2.05, 4.69) is 37.8 Å². The van der Waals surface area contributed by atoms with Crippen LogP contribution in [0, 0.1) is 0 Å². The number of allylic oxidation sites excluding steroid dienone is 3. The Labute approximate surface area is 121 Å². The molecule has 19 heavy (non-hydrogen) atoms. The molecule has 1 atom stereocenters. The van der Waals surface area contributed by atoms with E-state index in [1.54, 1.807) is 32.8 Å². The van der Waals surface area contributed by atoms with Crippen LogP contribution in [-0.2, 0) is 0 Å². The van der Waals surface area contributed by atoms with Gasteiger partial charge in [-0.15, -0.1) is 11.8 Å². The van der Waals surface area contributed by atoms with E-state index >= 15 is 0 Å². The second-order valence-electron chi connectivity index (χ2n) is 6.11. The molecule has 0 amide bonds. The van der Waals surface area contributed by atoms with Crippen molar-refractivity contribution < 1.29 is 0 Å². The Morgan fingerprint density at radius 3 is 2.68 bits per heavy atom. The van der Waals surface area contributed by atoms with E-state index < -0.39 is 0 Å². The molecule has 2 aliphatic carbocycles. The van der Waals surface area contributed by atoms with Gasteiger partial charge in [-0.2, -0.15) is 0 Å². The summed E-state index contributed by atoms with van der Waals surface area (Å²) < 4.78 is 0. The summed E-state index contributed by atoms with van der Waals surface area (Å²) in [5, 5.41) is 3.82. The topological polar surface area (TPSA) is 12.0 Å². The van der Waals surface area contributed by atoms with Gasteiger partial charge in [-0.3, -0.25) is 0 Å². The van der Waals surface area contributed by atoms with Crippen molar-refractivity contribution in [1.29, 1.82) is 0 Å². The molecule has 1 N–H and O–H groups in total. The van der Waals surface area contributed by atoms with E-state index in [1.807, 2.05) is 0 Å². The summed E-state index contributed by atoms with van der Waals surface area (Å²) in [5.41, 5.74) is 8.34. The standard InChI is InChI=1S/C17H25NS/c1-4-13-8-12(3)14-9-15(13)17(14)18-10-16-11(2)6-5-7-19-16/h17-18H,4-10H2,1-3H3. The van der Waals surface area contributed by atoms with E-state index in [0.717, 1.165) is 6.54 Å². The Hall–Kier alpha value is -0.470. The predicted molar refractivity (Wildman–Crippen MR) is 85.4 cm³/mol. The first-order chi connectivity index (χ1) is 9.20. The van der Waals surface area contributed by atoms with Crippen molar-refractivity contribution in [3.8, 4) is 0 Å². The molecule has 0 radical (unpaired) electrons. The number of hydrogen-bond donors (Lipinski definition) is 1. The van der Waals surface area contributed by atoms with Crippen LogP contribution in [0.2, 0.25) is 0 Å². The van der Waals surface area contributed by atoms with Crippen LogP contribution < -0.4 is 5.32 Å². The fourth-order valence-electron chi connectivity index (χ4n) is 3.55. The maximum atomic E-state index is 3.82. The van der Waals surface area contributed by atoms with E-state index in [1.165, 1.54) is 37.9 Å². The summed E-state index contributed by atoms with van der Waals surface area (Å²) in [6, 6.07) is 0.589. The molecule has 2 heteroatoms. The SMILES string of the molecule is CCC1=C2CC(=C(C)C1)C2NCC1=C(C)CCCS1. The van der Waals surface area contributed by atoms with E-state index in [-0.39, 0.29) is 0 Å². The smallest absolute Gasteiger partial charge is 0.0509 e. The third-order valence-electron chi connectivity index (χ3n) is 4.90. The zero-order valence-corrected chi connectivity index (χ0v) is 13.3. The van der Waals surface area contributed by atoms with Crippen molar-refractivity contribution >= 4 is 11.8 Å². The largest absolute Gasteiger partial charge is 0.302 e. The maximum Gasteiger partial charge on any atom is 0.0509 e. The van der Waals surface area contributed by atoms with Gasteiger partial charge in [-0.05, 0) is 67.8 Å². The minimum Gasteiger partial charge on any atom is -0.302 e. The van der Waals surface area contributed by atoms with Gasteiger partial charge in [0.2, 0.25) is 0 Å². The minimum absolute atomic E-state index is 0.589. The average molecular weight is 275 g/mol. The van der Waals surface area contributed by atoms with Gasteiger partial charge in [0, 0.05) is 6.54 Å². The molecule has 0 aromatic rings. The Morgan fingerprint density at radius 1 is 1.16 bits per heavy atom. The Bertz CT molecular complexity index is 481. The molecule has 2 bridgehead atoms. The molecule has 1 saturated carbocycles. The lowest BCUT2D eigenvalue weighted by atomic mass is 9.68. The van der Waals surface area contributed by atoms with Crippen LogP contribution in [0.25, 0.3) is 0 Å². The number of fused-ring (bicyclic) bond motifs is 2. The molecule has 1 fully saturated rings. The maximum absolute atomic E-state index is 3.82. The molecular formula is C17H25NS. The molecule has 1 heterocycles. The molecule has 0 spiro atoms. The monoisotopic (exact) mass is 275 g/mol. The van der Waals surface area contributed by atoms with Crippen molar-refractivity contribution in [2.45, 2.75) is 58.9 Å². The molecule has 3 aliphatic rings. The normalized spacial score (nSPS) is 27.0. The highest BCUT2D eigenvalue weighted by atomic mass is 32.2. The first-order valence-electron chi connectivity index (χ1n) is 7.64. The zero-order chi connectivity index (χ0) is 13.4. The molecule has 1 unspecified atom stereocenters. The molecule has 0 aromatic heterocycles. The van der Waals surface area contributed by atoms with E-state index in [0.29, 0.717) is 6.04 Å². The quantitative estimate of drug-likeness (QED) is 0.754. The van der Waals surface area contributed by atoms with Crippen LogP contribution in [0.4, 0.5) is 0 Å². The number of rotatable bonds is 4. The third kappa shape index (κ3) is 2.45. The molecular weight excluding hydrogens is 250 g/mol. The van der Waals surface area contributed by atoms with Gasteiger partial charge in [0.1, 0.15) is 0 Å². The third-order valence-corrected chi connectivity index (χ3v) is 6.23. The summed E-state index contributed by atoms with van der Waals surface area (Å²) in [6.07, 6.45) is 6.40. The van der Waals surface area contributed by atoms with Gasteiger partial charge in [0.25, 0.3) is 0 Å². The van der Waals surface area contributed by atoms with Crippen molar-refractivity contribution in [3.63, 3.8) is 0 Å². The van der Waals surface area contributed by atoms with Crippen LogP contribution >= 0.6 is 11.8 Å². The fourth-order valence-corrected chi connectivity index (χ4v) is 4.62. The van der Waals surface area contributed by atoms with Crippen LogP contribution in [0.5, 0.6) is 0 Å². The Morgan fingerprint density at radius 2 is 2.00 bits per heavy atom. The Kier molecular flexibility index (Phi) is 3.91. The van der Waals surface area contributed by atoms with Crippen molar-refractivity contribution in [2.24, 2.45) is 0 Å². The lowest BCUT2D eigenvalue weighted by molar-refractivity contribution is 0.542. The lowest BCUT2D eigenvalue weighted by Gasteiger charge is -2.43. The molecule has 104 valence electrons. The zero-order valence-electron chi connectivity index (χ0n) is 12.4. The van der Waals surface area contributed by atoms with Gasteiger partial charge < -0.3 is 5.32 Å². The second-order valence-corrected chi connectivity index (χ2v) is 7.30. The van der Waals surface area contributed by atoms with Gasteiger partial charge in [-0.1, -0.05) is 23.6 Å². The average Bonchev–Trinajstić information content (AvgIpc) is 2.39. The van der Waals surface area contributed by atoms with Crippen LogP contribution in [0.3, 0.4) is 0 Å². The van der Waals surface area contributed by atoms with Gasteiger partial charge in [-0.25, -0.2) is 0 Å². The summed E-state index contributed by atoms with van der Waals surface area (Å²) in [6.45, 7) is 8.03. The molecule has 1 nitrogen and oxygen atoms in total. The van der Waals surface area contributed by atoms with Crippen LogP contribution in [-0.4, -0.2) is 18.3 Å². The van der Waals surface area contributed by atoms with Gasteiger partial charge in [0.05, 0.1) is 6.04 Å². The molecule has 3 rings (SSSR count). The number of hydrogen-bond acceptors (Lipinski definition) is 2. The summed E-state index contributed by atoms with van der Waals surface area (Å²) in [4.78, 5) is 1.60. The van der Waals surface area contributed by atoms with Crippen LogP contribution in [0.1, 0.15) is 52.9 Å². The molecule has 0 aromatic carbocycles. The van der Waals surface area contributed by atoms with Gasteiger partial charge in [0.15, 0.2) is 0 Å². The summed E-state index contributed by atoms with van der Waals surface area (Å²) >= 11 is 2.07. The summed E-state index contributed by atoms with van der Waals surface area (Å²) in [5.74, 6) is 1.31. The number of nitrogens with one attached hydrogen (secondary N) is 1. The van der Waals surface area contributed by atoms with Crippen LogP contribution in [0.15, 0.2) is 32.8 Å². The highest BCUT2D eigenvalue weighted by Gasteiger charge is 2.36. The highest BCUT2D eigenvalue weighted by molar-refractivity contribution is 8.03. The van der Waals surface area contributed by atoms with Crippen molar-refractivity contribution in [1.82, 2.24) is 5.32 Å². The molecule has 1 aliphatic heterocycles. The second kappa shape index (κ2) is 5.49.